The highest BCUT2D eigenvalue weighted by Gasteiger charge is 2.31. The van der Waals surface area contributed by atoms with E-state index in [1.807, 2.05) is 0 Å². The maximum atomic E-state index is 6.15. The van der Waals surface area contributed by atoms with Gasteiger partial charge < -0.3 is 9.73 Å². The van der Waals surface area contributed by atoms with E-state index in [4.69, 9.17) is 4.42 Å². The van der Waals surface area contributed by atoms with Crippen LogP contribution in [0.3, 0.4) is 0 Å². The van der Waals surface area contributed by atoms with Crippen molar-refractivity contribution in [2.24, 2.45) is 0 Å². The topological polar surface area (TPSA) is 25.2 Å². The Morgan fingerprint density at radius 2 is 1.84 bits per heavy atom. The summed E-state index contributed by atoms with van der Waals surface area (Å²) in [6.45, 7) is 5.26. The Hall–Kier alpha value is -1.28. The largest absolute Gasteiger partial charge is 0.459 e. The average Bonchev–Trinajstić information content (AvgIpc) is 3.27. The second-order valence-corrected chi connectivity index (χ2v) is 6.30. The molecule has 0 saturated heterocycles. The van der Waals surface area contributed by atoms with E-state index in [1.54, 1.807) is 0 Å². The summed E-state index contributed by atoms with van der Waals surface area (Å²) in [6, 6.07) is 5.27. The zero-order chi connectivity index (χ0) is 13.0. The van der Waals surface area contributed by atoms with Gasteiger partial charge in [-0.05, 0) is 68.7 Å². The number of nitrogens with one attached hydrogen (secondary N) is 1. The Morgan fingerprint density at radius 1 is 1.11 bits per heavy atom. The molecular weight excluding hydrogens is 234 g/mol. The summed E-state index contributed by atoms with van der Waals surface area (Å²) < 4.78 is 6.15. The fraction of sp³-hybridized carbons (Fsp3) is 0.529. The molecule has 0 spiro atoms. The van der Waals surface area contributed by atoms with Crippen LogP contribution in [0.5, 0.6) is 0 Å². The highest BCUT2D eigenvalue weighted by atomic mass is 16.3. The summed E-state index contributed by atoms with van der Waals surface area (Å²) >= 11 is 0. The van der Waals surface area contributed by atoms with Gasteiger partial charge in [-0.25, -0.2) is 0 Å². The highest BCUT2D eigenvalue weighted by molar-refractivity contribution is 5.85. The lowest BCUT2D eigenvalue weighted by Crippen LogP contribution is -2.15. The third kappa shape index (κ3) is 2.08. The van der Waals surface area contributed by atoms with Crippen LogP contribution in [0.2, 0.25) is 0 Å². The SMILES string of the molecule is Cc1cc2oc(CNC3CC3)c(C3CC3)c2cc1C. The van der Waals surface area contributed by atoms with Crippen molar-refractivity contribution in [2.75, 3.05) is 0 Å². The molecular formula is C17H21NO. The van der Waals surface area contributed by atoms with E-state index in [0.717, 1.165) is 24.1 Å². The van der Waals surface area contributed by atoms with Crippen molar-refractivity contribution in [3.8, 4) is 0 Å². The smallest absolute Gasteiger partial charge is 0.134 e. The summed E-state index contributed by atoms with van der Waals surface area (Å²) in [7, 11) is 0. The predicted molar refractivity (Wildman–Crippen MR) is 77.5 cm³/mol. The van der Waals surface area contributed by atoms with E-state index in [-0.39, 0.29) is 0 Å². The van der Waals surface area contributed by atoms with Crippen LogP contribution >= 0.6 is 0 Å². The first-order valence-electron chi connectivity index (χ1n) is 7.48. The number of hydrogen-bond acceptors (Lipinski definition) is 2. The Kier molecular flexibility index (Phi) is 2.49. The molecule has 0 bridgehead atoms. The van der Waals surface area contributed by atoms with E-state index >= 15 is 0 Å². The fourth-order valence-corrected chi connectivity index (χ4v) is 2.90. The zero-order valence-electron chi connectivity index (χ0n) is 11.8. The molecule has 0 amide bonds. The molecule has 0 unspecified atom stereocenters. The third-order valence-corrected chi connectivity index (χ3v) is 4.53. The molecule has 2 nitrogen and oxygen atoms in total. The molecule has 1 N–H and O–H groups in total. The van der Waals surface area contributed by atoms with E-state index in [9.17, 15) is 0 Å². The minimum Gasteiger partial charge on any atom is -0.459 e. The van der Waals surface area contributed by atoms with Crippen molar-refractivity contribution >= 4 is 11.0 Å². The number of rotatable bonds is 4. The van der Waals surface area contributed by atoms with Crippen LogP contribution in [0.1, 0.15) is 54.1 Å². The lowest BCUT2D eigenvalue weighted by atomic mass is 10.0. The van der Waals surface area contributed by atoms with Crippen molar-refractivity contribution in [1.29, 1.82) is 0 Å². The van der Waals surface area contributed by atoms with E-state index in [2.05, 4.69) is 31.3 Å². The lowest BCUT2D eigenvalue weighted by Gasteiger charge is -2.03. The summed E-state index contributed by atoms with van der Waals surface area (Å²) in [6.07, 6.45) is 5.32. The van der Waals surface area contributed by atoms with Gasteiger partial charge in [0.25, 0.3) is 0 Å². The molecule has 2 aliphatic rings. The van der Waals surface area contributed by atoms with Crippen LogP contribution in [0.15, 0.2) is 16.5 Å². The van der Waals surface area contributed by atoms with Crippen LogP contribution in [-0.4, -0.2) is 6.04 Å². The van der Waals surface area contributed by atoms with Crippen molar-refractivity contribution in [3.05, 3.63) is 34.6 Å². The third-order valence-electron chi connectivity index (χ3n) is 4.53. The van der Waals surface area contributed by atoms with Crippen LogP contribution in [-0.2, 0) is 6.54 Å². The Morgan fingerprint density at radius 3 is 2.53 bits per heavy atom. The molecule has 2 aliphatic carbocycles. The van der Waals surface area contributed by atoms with Gasteiger partial charge in [0, 0.05) is 17.0 Å². The lowest BCUT2D eigenvalue weighted by molar-refractivity contribution is 0.506. The molecule has 1 aromatic carbocycles. The highest BCUT2D eigenvalue weighted by Crippen LogP contribution is 2.46. The Labute approximate surface area is 114 Å². The quantitative estimate of drug-likeness (QED) is 0.886. The molecule has 0 radical (unpaired) electrons. The van der Waals surface area contributed by atoms with Gasteiger partial charge in [-0.15, -0.1) is 0 Å². The molecule has 1 aromatic heterocycles. The summed E-state index contributed by atoms with van der Waals surface area (Å²) in [5.41, 5.74) is 5.27. The van der Waals surface area contributed by atoms with Gasteiger partial charge in [0.2, 0.25) is 0 Å². The molecule has 2 fully saturated rings. The van der Waals surface area contributed by atoms with Crippen LogP contribution in [0.25, 0.3) is 11.0 Å². The zero-order valence-corrected chi connectivity index (χ0v) is 11.8. The van der Waals surface area contributed by atoms with Gasteiger partial charge in [0.1, 0.15) is 11.3 Å². The number of aryl methyl sites for hydroxylation is 2. The monoisotopic (exact) mass is 255 g/mol. The van der Waals surface area contributed by atoms with E-state index < -0.39 is 0 Å². The standard InChI is InChI=1S/C17H21NO/c1-10-7-14-15(8-11(10)2)19-16(9-18-13-5-6-13)17(14)12-3-4-12/h7-8,12-13,18H,3-6,9H2,1-2H3. The minimum absolute atomic E-state index is 0.740. The summed E-state index contributed by atoms with van der Waals surface area (Å²) in [5.74, 6) is 1.94. The minimum atomic E-state index is 0.740. The molecule has 2 heteroatoms. The molecule has 1 heterocycles. The molecule has 0 atom stereocenters. The summed E-state index contributed by atoms with van der Waals surface area (Å²) in [5, 5.41) is 4.95. The number of furan rings is 1. The maximum absolute atomic E-state index is 6.15. The molecule has 2 saturated carbocycles. The molecule has 100 valence electrons. The van der Waals surface area contributed by atoms with Gasteiger partial charge in [-0.2, -0.15) is 0 Å². The average molecular weight is 255 g/mol. The number of fused-ring (bicyclic) bond motifs is 1. The van der Waals surface area contributed by atoms with Gasteiger partial charge in [0.15, 0.2) is 0 Å². The van der Waals surface area contributed by atoms with Gasteiger partial charge >= 0.3 is 0 Å². The molecule has 4 rings (SSSR count). The van der Waals surface area contributed by atoms with Gasteiger partial charge in [-0.1, -0.05) is 0 Å². The van der Waals surface area contributed by atoms with Crippen LogP contribution < -0.4 is 5.32 Å². The first-order valence-corrected chi connectivity index (χ1v) is 7.48. The molecule has 2 aromatic rings. The first-order chi connectivity index (χ1) is 9.22. The van der Waals surface area contributed by atoms with E-state index in [0.29, 0.717) is 0 Å². The van der Waals surface area contributed by atoms with Crippen molar-refractivity contribution in [1.82, 2.24) is 5.32 Å². The van der Waals surface area contributed by atoms with Gasteiger partial charge in [0.05, 0.1) is 6.54 Å². The second-order valence-electron chi connectivity index (χ2n) is 6.30. The predicted octanol–water partition coefficient (Wildman–Crippen LogP) is 4.18. The first kappa shape index (κ1) is 11.5. The normalized spacial score (nSPS) is 19.3. The molecule has 0 aliphatic heterocycles. The molecule has 19 heavy (non-hydrogen) atoms. The van der Waals surface area contributed by atoms with Crippen molar-refractivity contribution in [2.45, 2.75) is 58.0 Å². The van der Waals surface area contributed by atoms with Crippen LogP contribution in [0.4, 0.5) is 0 Å². The number of hydrogen-bond donors (Lipinski definition) is 1. The second kappa shape index (κ2) is 4.11. The Bertz CT molecular complexity index is 632. The van der Waals surface area contributed by atoms with Crippen molar-refractivity contribution < 1.29 is 4.42 Å². The van der Waals surface area contributed by atoms with Crippen molar-refractivity contribution in [3.63, 3.8) is 0 Å². The maximum Gasteiger partial charge on any atom is 0.134 e. The Balaban J connectivity index is 1.79. The summed E-state index contributed by atoms with van der Waals surface area (Å²) in [4.78, 5) is 0. The number of benzene rings is 1. The fourth-order valence-electron chi connectivity index (χ4n) is 2.90. The van der Waals surface area contributed by atoms with E-state index in [1.165, 1.54) is 53.5 Å². The van der Waals surface area contributed by atoms with Crippen LogP contribution in [0, 0.1) is 13.8 Å². The van der Waals surface area contributed by atoms with Gasteiger partial charge in [-0.3, -0.25) is 0 Å².